The fraction of sp³-hybridized carbons (Fsp3) is 0.407. The van der Waals surface area contributed by atoms with Crippen molar-refractivity contribution in [3.63, 3.8) is 0 Å². The van der Waals surface area contributed by atoms with Crippen LogP contribution in [0.4, 0.5) is 18.0 Å². The first-order valence-corrected chi connectivity index (χ1v) is 12.3. The summed E-state index contributed by atoms with van der Waals surface area (Å²) in [6.07, 6.45) is 1.05. The van der Waals surface area contributed by atoms with E-state index in [1.54, 1.807) is 42.2 Å². The predicted molar refractivity (Wildman–Crippen MR) is 140 cm³/mol. The summed E-state index contributed by atoms with van der Waals surface area (Å²) in [6.45, 7) is 6.07. The lowest BCUT2D eigenvalue weighted by Gasteiger charge is -2.29. The van der Waals surface area contributed by atoms with Crippen LogP contribution in [-0.4, -0.2) is 66.0 Å². The number of carbonyl (C=O) groups is 2. The van der Waals surface area contributed by atoms with Crippen molar-refractivity contribution >= 4 is 23.7 Å². The molecule has 0 bridgehead atoms. The zero-order chi connectivity index (χ0) is 28.9. The van der Waals surface area contributed by atoms with Crippen molar-refractivity contribution in [3.05, 3.63) is 64.9 Å². The summed E-state index contributed by atoms with van der Waals surface area (Å²) >= 11 is 0. The van der Waals surface area contributed by atoms with Crippen LogP contribution in [0, 0.1) is 10.8 Å². The molecule has 12 heteroatoms. The zero-order valence-corrected chi connectivity index (χ0v) is 22.1. The highest BCUT2D eigenvalue weighted by Crippen LogP contribution is 2.29. The summed E-state index contributed by atoms with van der Waals surface area (Å²) in [5.41, 5.74) is 2.50. The summed E-state index contributed by atoms with van der Waals surface area (Å²) < 4.78 is 47.0. The molecule has 1 atom stereocenters. The Bertz CT molecular complexity index is 1240. The topological polar surface area (TPSA) is 119 Å². The molecule has 1 aromatic carbocycles. The maximum absolute atomic E-state index is 13.0. The van der Waals surface area contributed by atoms with Crippen LogP contribution in [0.25, 0.3) is 0 Å². The Labute approximate surface area is 225 Å². The van der Waals surface area contributed by atoms with Crippen LogP contribution in [-0.2, 0) is 17.7 Å². The van der Waals surface area contributed by atoms with Gasteiger partial charge in [0.2, 0.25) is 0 Å². The fourth-order valence-corrected chi connectivity index (χ4v) is 4.37. The van der Waals surface area contributed by atoms with Crippen molar-refractivity contribution in [1.82, 2.24) is 15.1 Å². The highest BCUT2D eigenvalue weighted by atomic mass is 19.4. The first-order valence-electron chi connectivity index (χ1n) is 12.3. The molecule has 1 fully saturated rings. The predicted octanol–water partition coefficient (Wildman–Crippen LogP) is 4.94. The van der Waals surface area contributed by atoms with Crippen LogP contribution < -0.4 is 10.1 Å². The SMILES string of the molecule is C=C(/C=C\C=C(/C)C(=N)N1C(=N)CCC1C)NC(=O)c1cc2c(cc1OC)CCN(C(=O)OCC(F)(F)F)C2. The van der Waals surface area contributed by atoms with E-state index in [1.165, 1.54) is 7.11 Å². The van der Waals surface area contributed by atoms with Gasteiger partial charge in [-0.15, -0.1) is 0 Å². The smallest absolute Gasteiger partial charge is 0.422 e. The molecule has 0 aliphatic carbocycles. The van der Waals surface area contributed by atoms with Crippen molar-refractivity contribution in [2.24, 2.45) is 0 Å². The number of rotatable bonds is 7. The molecule has 39 heavy (non-hydrogen) atoms. The summed E-state index contributed by atoms with van der Waals surface area (Å²) in [5.74, 6) is 0.456. The lowest BCUT2D eigenvalue weighted by molar-refractivity contribution is -0.162. The number of hydrogen-bond acceptors (Lipinski definition) is 6. The number of allylic oxidation sites excluding steroid dienone is 3. The van der Waals surface area contributed by atoms with Gasteiger partial charge in [0.15, 0.2) is 6.61 Å². The van der Waals surface area contributed by atoms with E-state index in [-0.39, 0.29) is 36.2 Å². The largest absolute Gasteiger partial charge is 0.496 e. The molecule has 2 heterocycles. The van der Waals surface area contributed by atoms with E-state index in [2.05, 4.69) is 16.6 Å². The average Bonchev–Trinajstić information content (AvgIpc) is 3.22. The molecule has 0 radical (unpaired) electrons. The Kier molecular flexibility index (Phi) is 9.20. The number of fused-ring (bicyclic) bond motifs is 1. The van der Waals surface area contributed by atoms with E-state index in [1.807, 2.05) is 6.92 Å². The third-order valence-electron chi connectivity index (χ3n) is 6.46. The van der Waals surface area contributed by atoms with Gasteiger partial charge in [-0.2, -0.15) is 13.2 Å². The molecular formula is C27H32F3N5O4. The molecule has 2 aliphatic rings. The third-order valence-corrected chi connectivity index (χ3v) is 6.46. The first-order chi connectivity index (χ1) is 18.3. The summed E-state index contributed by atoms with van der Waals surface area (Å²) in [5, 5.41) is 19.1. The van der Waals surface area contributed by atoms with Crippen LogP contribution in [0.3, 0.4) is 0 Å². The number of amidine groups is 2. The van der Waals surface area contributed by atoms with Crippen molar-refractivity contribution in [2.75, 3.05) is 20.3 Å². The van der Waals surface area contributed by atoms with Crippen molar-refractivity contribution < 1.29 is 32.2 Å². The van der Waals surface area contributed by atoms with Gasteiger partial charge in [0.05, 0.1) is 12.7 Å². The average molecular weight is 548 g/mol. The number of nitrogens with zero attached hydrogens (tertiary/aromatic N) is 2. The number of carbonyl (C=O) groups excluding carboxylic acids is 2. The first kappa shape index (κ1) is 29.5. The van der Waals surface area contributed by atoms with Crippen LogP contribution >= 0.6 is 0 Å². The van der Waals surface area contributed by atoms with E-state index in [9.17, 15) is 22.8 Å². The van der Waals surface area contributed by atoms with Gasteiger partial charge in [0.1, 0.15) is 17.4 Å². The van der Waals surface area contributed by atoms with Gasteiger partial charge in [-0.05, 0) is 61.6 Å². The number of halogens is 3. The number of hydrogen-bond donors (Lipinski definition) is 3. The second-order valence-corrected chi connectivity index (χ2v) is 9.40. The molecule has 2 aliphatic heterocycles. The molecule has 9 nitrogen and oxygen atoms in total. The normalized spacial score (nSPS) is 17.7. The quantitative estimate of drug-likeness (QED) is 0.254. The maximum atomic E-state index is 13.0. The zero-order valence-electron chi connectivity index (χ0n) is 22.1. The second kappa shape index (κ2) is 12.2. The summed E-state index contributed by atoms with van der Waals surface area (Å²) in [7, 11) is 1.42. The van der Waals surface area contributed by atoms with Gasteiger partial charge >= 0.3 is 12.3 Å². The maximum Gasteiger partial charge on any atom is 0.422 e. The Morgan fingerprint density at radius 1 is 1.26 bits per heavy atom. The van der Waals surface area contributed by atoms with E-state index in [4.69, 9.17) is 15.6 Å². The van der Waals surface area contributed by atoms with E-state index in [0.717, 1.165) is 16.9 Å². The number of benzene rings is 1. The molecule has 1 aromatic rings. The Morgan fingerprint density at radius 3 is 2.59 bits per heavy atom. The minimum absolute atomic E-state index is 0.0136. The highest BCUT2D eigenvalue weighted by Gasteiger charge is 2.32. The molecule has 0 saturated carbocycles. The van der Waals surface area contributed by atoms with E-state index >= 15 is 0 Å². The molecule has 1 saturated heterocycles. The molecule has 3 rings (SSSR count). The Morgan fingerprint density at radius 2 is 1.97 bits per heavy atom. The van der Waals surface area contributed by atoms with Gasteiger partial charge in [-0.3, -0.25) is 15.6 Å². The second-order valence-electron chi connectivity index (χ2n) is 9.40. The minimum Gasteiger partial charge on any atom is -0.496 e. The van der Waals surface area contributed by atoms with Crippen LogP contribution in [0.1, 0.15) is 48.2 Å². The summed E-state index contributed by atoms with van der Waals surface area (Å²) in [6, 6.07) is 3.31. The lowest BCUT2D eigenvalue weighted by Crippen LogP contribution is -2.38. The van der Waals surface area contributed by atoms with E-state index in [0.29, 0.717) is 35.6 Å². The molecule has 0 spiro atoms. The molecule has 2 amide bonds. The molecule has 210 valence electrons. The van der Waals surface area contributed by atoms with Gasteiger partial charge in [-0.25, -0.2) is 4.79 Å². The Balaban J connectivity index is 1.66. The summed E-state index contributed by atoms with van der Waals surface area (Å²) in [4.78, 5) is 27.9. The minimum atomic E-state index is -4.62. The van der Waals surface area contributed by atoms with E-state index < -0.39 is 24.8 Å². The van der Waals surface area contributed by atoms with Crippen LogP contribution in [0.5, 0.6) is 5.75 Å². The molecule has 0 aromatic heterocycles. The van der Waals surface area contributed by atoms with Gasteiger partial charge in [0.25, 0.3) is 5.91 Å². The number of amides is 2. The monoisotopic (exact) mass is 547 g/mol. The van der Waals surface area contributed by atoms with Crippen LogP contribution in [0.2, 0.25) is 0 Å². The number of alkyl halides is 3. The molecule has 3 N–H and O–H groups in total. The third kappa shape index (κ3) is 7.49. The fourth-order valence-electron chi connectivity index (χ4n) is 4.37. The lowest BCUT2D eigenvalue weighted by atomic mass is 9.96. The van der Waals surface area contributed by atoms with Crippen molar-refractivity contribution in [3.8, 4) is 5.75 Å². The standard InChI is InChI=1S/C27H32F3N5O4/c1-16(24(32)35-18(3)8-9-23(35)31)6-5-7-17(2)33-25(36)21-12-20-14-34(26(37)39-15-27(28,29)30)11-10-19(20)13-22(21)38-4/h5-7,12-13,18,31-32H,2,8-11,14-15H2,1,3-4H3,(H,33,36)/b7-5-,16-6+,31-23?,32-24?. The van der Waals surface area contributed by atoms with Crippen LogP contribution in [0.15, 0.2) is 48.2 Å². The number of ether oxygens (including phenoxy) is 2. The highest BCUT2D eigenvalue weighted by molar-refractivity contribution is 6.07. The van der Waals surface area contributed by atoms with Gasteiger partial charge in [-0.1, -0.05) is 18.7 Å². The molecular weight excluding hydrogens is 515 g/mol. The van der Waals surface area contributed by atoms with Gasteiger partial charge in [0, 0.05) is 31.2 Å². The number of nitrogens with one attached hydrogen (secondary N) is 3. The molecule has 1 unspecified atom stereocenters. The number of methoxy groups -OCH3 is 1. The number of likely N-dealkylation sites (tertiary alicyclic amines) is 1. The van der Waals surface area contributed by atoms with Gasteiger partial charge < -0.3 is 24.6 Å². The van der Waals surface area contributed by atoms with Crippen molar-refractivity contribution in [1.29, 1.82) is 10.8 Å². The van der Waals surface area contributed by atoms with Crippen molar-refractivity contribution in [2.45, 2.75) is 51.9 Å². The Hall–Kier alpha value is -4.09.